The van der Waals surface area contributed by atoms with Gasteiger partial charge in [-0.05, 0) is 55.3 Å². The van der Waals surface area contributed by atoms with Gasteiger partial charge in [0.2, 0.25) is 0 Å². The number of nitrogens with zero attached hydrogens (tertiary/aromatic N) is 1. The Morgan fingerprint density at radius 1 is 1.18 bits per heavy atom. The highest BCUT2D eigenvalue weighted by Crippen LogP contribution is 2.36. The van der Waals surface area contributed by atoms with Crippen molar-refractivity contribution in [3.63, 3.8) is 0 Å². The maximum atomic E-state index is 12.3. The molecule has 1 atom stereocenters. The Labute approximate surface area is 131 Å². The second-order valence-corrected chi connectivity index (χ2v) is 6.90. The Morgan fingerprint density at radius 2 is 1.86 bits per heavy atom. The fourth-order valence-electron chi connectivity index (χ4n) is 2.75. The summed E-state index contributed by atoms with van der Waals surface area (Å²) in [5, 5.41) is 2.97. The molecular formula is C15H17F3N2OS. The maximum Gasteiger partial charge on any atom is 0.446 e. The van der Waals surface area contributed by atoms with E-state index in [1.165, 1.54) is 37.1 Å². The van der Waals surface area contributed by atoms with E-state index in [2.05, 4.69) is 10.2 Å². The fraction of sp³-hybridized carbons (Fsp3) is 0.533. The van der Waals surface area contributed by atoms with Crippen molar-refractivity contribution in [3.05, 3.63) is 29.8 Å². The molecule has 1 heterocycles. The van der Waals surface area contributed by atoms with Crippen LogP contribution in [0.4, 0.5) is 13.2 Å². The molecule has 1 aliphatic heterocycles. The quantitative estimate of drug-likeness (QED) is 0.860. The zero-order valence-electron chi connectivity index (χ0n) is 11.9. The molecule has 3 nitrogen and oxygen atoms in total. The molecule has 1 N–H and O–H groups in total. The van der Waals surface area contributed by atoms with Crippen molar-refractivity contribution < 1.29 is 18.0 Å². The van der Waals surface area contributed by atoms with Gasteiger partial charge in [-0.25, -0.2) is 0 Å². The van der Waals surface area contributed by atoms with Crippen molar-refractivity contribution in [1.29, 1.82) is 0 Å². The van der Waals surface area contributed by atoms with Crippen LogP contribution >= 0.6 is 11.8 Å². The Balaban J connectivity index is 1.53. The first-order valence-corrected chi connectivity index (χ1v) is 8.13. The molecule has 0 aromatic heterocycles. The van der Waals surface area contributed by atoms with Gasteiger partial charge in [-0.15, -0.1) is 0 Å². The van der Waals surface area contributed by atoms with Crippen molar-refractivity contribution in [3.8, 4) is 0 Å². The van der Waals surface area contributed by atoms with Crippen LogP contribution in [0.25, 0.3) is 0 Å². The molecular weight excluding hydrogens is 313 g/mol. The minimum absolute atomic E-state index is 0.0878. The summed E-state index contributed by atoms with van der Waals surface area (Å²) in [6.45, 7) is 1.88. The predicted molar refractivity (Wildman–Crippen MR) is 78.8 cm³/mol. The van der Waals surface area contributed by atoms with Gasteiger partial charge in [-0.1, -0.05) is 0 Å². The van der Waals surface area contributed by atoms with E-state index in [9.17, 15) is 18.0 Å². The third-order valence-electron chi connectivity index (χ3n) is 3.97. The zero-order chi connectivity index (χ0) is 15.7. The molecule has 1 aliphatic carbocycles. The maximum absolute atomic E-state index is 12.3. The molecule has 1 saturated carbocycles. The Bertz CT molecular complexity index is 543. The molecule has 2 fully saturated rings. The largest absolute Gasteiger partial charge is 0.446 e. The van der Waals surface area contributed by atoms with Gasteiger partial charge in [0.15, 0.2) is 0 Å². The minimum atomic E-state index is -4.31. The molecule has 7 heteroatoms. The molecule has 120 valence electrons. The van der Waals surface area contributed by atoms with Crippen LogP contribution in [-0.2, 0) is 0 Å². The van der Waals surface area contributed by atoms with Crippen LogP contribution in [0.5, 0.6) is 0 Å². The number of carbonyl (C=O) groups is 1. The van der Waals surface area contributed by atoms with Crippen LogP contribution in [0.2, 0.25) is 0 Å². The normalized spacial score (nSPS) is 22.8. The number of thioether (sulfide) groups is 1. The average Bonchev–Trinajstić information content (AvgIpc) is 3.19. The SMILES string of the molecule is O=C(N[C@H]1CCN(C2CC2)C1)c1ccc(SC(F)(F)F)cc1. The van der Waals surface area contributed by atoms with Crippen molar-refractivity contribution in [1.82, 2.24) is 10.2 Å². The highest BCUT2D eigenvalue weighted by atomic mass is 32.2. The number of rotatable bonds is 4. The second-order valence-electron chi connectivity index (χ2n) is 5.76. The number of hydrogen-bond acceptors (Lipinski definition) is 3. The van der Waals surface area contributed by atoms with Gasteiger partial charge in [0.05, 0.1) is 0 Å². The lowest BCUT2D eigenvalue weighted by molar-refractivity contribution is -0.0328. The summed E-state index contributed by atoms with van der Waals surface area (Å²) in [5.74, 6) is -0.216. The third-order valence-corrected chi connectivity index (χ3v) is 4.71. The van der Waals surface area contributed by atoms with Crippen molar-refractivity contribution >= 4 is 17.7 Å². The number of amides is 1. The summed E-state index contributed by atoms with van der Waals surface area (Å²) < 4.78 is 36.8. The molecule has 0 radical (unpaired) electrons. The first-order valence-electron chi connectivity index (χ1n) is 7.31. The molecule has 1 aromatic rings. The predicted octanol–water partition coefficient (Wildman–Crippen LogP) is 3.27. The number of hydrogen-bond donors (Lipinski definition) is 1. The lowest BCUT2D eigenvalue weighted by atomic mass is 10.2. The summed E-state index contributed by atoms with van der Waals surface area (Å²) >= 11 is -0.174. The van der Waals surface area contributed by atoms with Gasteiger partial charge in [0.25, 0.3) is 5.91 Å². The molecule has 1 amide bonds. The summed E-state index contributed by atoms with van der Waals surface area (Å²) in [5.41, 5.74) is -3.91. The third kappa shape index (κ3) is 4.16. The van der Waals surface area contributed by atoms with Crippen LogP contribution in [0.3, 0.4) is 0 Å². The van der Waals surface area contributed by atoms with Gasteiger partial charge in [-0.3, -0.25) is 9.69 Å². The van der Waals surface area contributed by atoms with Gasteiger partial charge >= 0.3 is 5.51 Å². The van der Waals surface area contributed by atoms with Crippen LogP contribution < -0.4 is 5.32 Å². The molecule has 3 rings (SSSR count). The number of nitrogens with one attached hydrogen (secondary N) is 1. The van der Waals surface area contributed by atoms with Crippen LogP contribution in [0.15, 0.2) is 29.2 Å². The van der Waals surface area contributed by atoms with E-state index < -0.39 is 5.51 Å². The molecule has 0 bridgehead atoms. The first-order chi connectivity index (χ1) is 10.4. The Hall–Kier alpha value is -1.21. The zero-order valence-corrected chi connectivity index (χ0v) is 12.7. The van der Waals surface area contributed by atoms with E-state index in [1.54, 1.807) is 0 Å². The number of benzene rings is 1. The summed E-state index contributed by atoms with van der Waals surface area (Å²) in [6.07, 6.45) is 3.43. The summed E-state index contributed by atoms with van der Waals surface area (Å²) in [6, 6.07) is 6.38. The van der Waals surface area contributed by atoms with Gasteiger partial charge < -0.3 is 5.32 Å². The lowest BCUT2D eigenvalue weighted by Gasteiger charge is -2.16. The topological polar surface area (TPSA) is 32.3 Å². The first kappa shape index (κ1) is 15.7. The van der Waals surface area contributed by atoms with E-state index in [-0.39, 0.29) is 28.6 Å². The lowest BCUT2D eigenvalue weighted by Crippen LogP contribution is -2.37. The number of halogens is 3. The Morgan fingerprint density at radius 3 is 2.45 bits per heavy atom. The molecule has 1 aromatic carbocycles. The van der Waals surface area contributed by atoms with Crippen molar-refractivity contribution in [2.75, 3.05) is 13.1 Å². The van der Waals surface area contributed by atoms with Gasteiger partial charge in [0, 0.05) is 35.6 Å². The average molecular weight is 330 g/mol. The number of likely N-dealkylation sites (tertiary alicyclic amines) is 1. The van der Waals surface area contributed by atoms with Gasteiger partial charge in [-0.2, -0.15) is 13.2 Å². The van der Waals surface area contributed by atoms with Crippen molar-refractivity contribution in [2.24, 2.45) is 0 Å². The molecule has 2 aliphatic rings. The summed E-state index contributed by atoms with van der Waals surface area (Å²) in [4.78, 5) is 14.6. The Kier molecular flexibility index (Phi) is 4.36. The van der Waals surface area contributed by atoms with Crippen molar-refractivity contribution in [2.45, 2.75) is 41.7 Å². The van der Waals surface area contributed by atoms with Crippen LogP contribution in [0, 0.1) is 0 Å². The monoisotopic (exact) mass is 330 g/mol. The molecule has 22 heavy (non-hydrogen) atoms. The van der Waals surface area contributed by atoms with E-state index in [1.807, 2.05) is 0 Å². The highest BCUT2D eigenvalue weighted by Gasteiger charge is 2.35. The molecule has 0 spiro atoms. The van der Waals surface area contributed by atoms with Crippen LogP contribution in [-0.4, -0.2) is 41.5 Å². The smallest absolute Gasteiger partial charge is 0.348 e. The van der Waals surface area contributed by atoms with Gasteiger partial charge in [0.1, 0.15) is 0 Å². The molecule has 0 unspecified atom stereocenters. The number of carbonyl (C=O) groups excluding carboxylic acids is 1. The van der Waals surface area contributed by atoms with E-state index >= 15 is 0 Å². The van der Waals surface area contributed by atoms with E-state index in [0.717, 1.165) is 19.5 Å². The highest BCUT2D eigenvalue weighted by molar-refractivity contribution is 8.00. The fourth-order valence-corrected chi connectivity index (χ4v) is 3.29. The van der Waals surface area contributed by atoms with E-state index in [0.29, 0.717) is 11.6 Å². The minimum Gasteiger partial charge on any atom is -0.348 e. The number of alkyl halides is 3. The van der Waals surface area contributed by atoms with Crippen LogP contribution in [0.1, 0.15) is 29.6 Å². The van der Waals surface area contributed by atoms with E-state index in [4.69, 9.17) is 0 Å². The molecule has 1 saturated heterocycles. The standard InChI is InChI=1S/C15H17F3N2OS/c16-15(17,18)22-13-5-1-10(2-6-13)14(21)19-11-7-8-20(9-11)12-3-4-12/h1-2,5-6,11-12H,3-4,7-9H2,(H,19,21)/t11-/m0/s1. The second kappa shape index (κ2) is 6.12. The summed E-state index contributed by atoms with van der Waals surface area (Å²) in [7, 11) is 0.